The summed E-state index contributed by atoms with van der Waals surface area (Å²) in [6.45, 7) is 0. The highest BCUT2D eigenvalue weighted by molar-refractivity contribution is 6.09. The number of aromatic nitrogens is 1. The molecule has 0 aliphatic carbocycles. The van der Waals surface area contributed by atoms with E-state index >= 15 is 0 Å². The summed E-state index contributed by atoms with van der Waals surface area (Å²) in [5.41, 5.74) is 1.51. The monoisotopic (exact) mass is 211 g/mol. The van der Waals surface area contributed by atoms with E-state index in [0.717, 1.165) is 6.29 Å². The van der Waals surface area contributed by atoms with E-state index in [1.165, 1.54) is 6.20 Å². The molecule has 0 saturated carbocycles. The predicted molar refractivity (Wildman–Crippen MR) is 59.5 cm³/mol. The zero-order valence-electron chi connectivity index (χ0n) is 8.46. The molecule has 0 unspecified atom stereocenters. The van der Waals surface area contributed by atoms with Gasteiger partial charge < -0.3 is 0 Å². The molecule has 3 heteroatoms. The Morgan fingerprint density at radius 3 is 2.62 bits per heavy atom. The second kappa shape index (κ2) is 4.49. The van der Waals surface area contributed by atoms with E-state index in [9.17, 15) is 9.59 Å². The average molecular weight is 211 g/mol. The molecule has 2 aromatic rings. The van der Waals surface area contributed by atoms with Gasteiger partial charge in [-0.1, -0.05) is 18.2 Å². The van der Waals surface area contributed by atoms with Crippen molar-refractivity contribution in [2.45, 2.75) is 0 Å². The molecule has 0 saturated heterocycles. The molecule has 2 rings (SSSR count). The number of rotatable bonds is 3. The van der Waals surface area contributed by atoms with Crippen molar-refractivity contribution in [3.63, 3.8) is 0 Å². The number of carbonyl (C=O) groups excluding carboxylic acids is 2. The summed E-state index contributed by atoms with van der Waals surface area (Å²) in [7, 11) is 0. The van der Waals surface area contributed by atoms with Gasteiger partial charge in [-0.2, -0.15) is 0 Å². The molecular weight excluding hydrogens is 202 g/mol. The van der Waals surface area contributed by atoms with Crippen molar-refractivity contribution in [1.29, 1.82) is 0 Å². The summed E-state index contributed by atoms with van der Waals surface area (Å²) in [4.78, 5) is 26.4. The lowest BCUT2D eigenvalue weighted by atomic mass is 10.0. The number of aldehydes is 1. The molecule has 0 N–H and O–H groups in total. The van der Waals surface area contributed by atoms with E-state index in [-0.39, 0.29) is 5.78 Å². The van der Waals surface area contributed by atoms with Crippen LogP contribution in [0.25, 0.3) is 0 Å². The lowest BCUT2D eigenvalue weighted by molar-refractivity contribution is 0.103. The molecule has 0 spiro atoms. The standard InChI is InChI=1S/C13H9NO2/c15-9-10-3-1-4-11(7-10)13(16)12-5-2-6-14-8-12/h1-9H. The topological polar surface area (TPSA) is 47.0 Å². The van der Waals surface area contributed by atoms with Gasteiger partial charge in [-0.25, -0.2) is 0 Å². The summed E-state index contributed by atoms with van der Waals surface area (Å²) in [6.07, 6.45) is 3.84. The molecule has 0 amide bonds. The Morgan fingerprint density at radius 1 is 1.12 bits per heavy atom. The first-order valence-corrected chi connectivity index (χ1v) is 4.81. The number of benzene rings is 1. The molecule has 0 aliphatic rings. The molecule has 0 atom stereocenters. The Balaban J connectivity index is 2.38. The van der Waals surface area contributed by atoms with Crippen LogP contribution in [-0.4, -0.2) is 17.1 Å². The van der Waals surface area contributed by atoms with Gasteiger partial charge in [0.2, 0.25) is 0 Å². The minimum Gasteiger partial charge on any atom is -0.298 e. The molecule has 1 heterocycles. The molecule has 3 nitrogen and oxygen atoms in total. The molecule has 1 aromatic carbocycles. The summed E-state index contributed by atoms with van der Waals surface area (Å²) in [5, 5.41) is 0. The van der Waals surface area contributed by atoms with Crippen molar-refractivity contribution in [2.75, 3.05) is 0 Å². The fourth-order valence-corrected chi connectivity index (χ4v) is 1.42. The largest absolute Gasteiger partial charge is 0.298 e. The third-order valence-electron chi connectivity index (χ3n) is 2.21. The van der Waals surface area contributed by atoms with Gasteiger partial charge in [0.15, 0.2) is 5.78 Å². The lowest BCUT2D eigenvalue weighted by Crippen LogP contribution is -2.02. The van der Waals surface area contributed by atoms with Crippen LogP contribution in [-0.2, 0) is 0 Å². The van der Waals surface area contributed by atoms with Crippen molar-refractivity contribution in [1.82, 2.24) is 4.98 Å². The summed E-state index contributed by atoms with van der Waals surface area (Å²) >= 11 is 0. The Kier molecular flexibility index (Phi) is 2.87. The van der Waals surface area contributed by atoms with E-state index in [2.05, 4.69) is 4.98 Å². The SMILES string of the molecule is O=Cc1cccc(C(=O)c2cccnc2)c1. The number of hydrogen-bond donors (Lipinski definition) is 0. The highest BCUT2D eigenvalue weighted by Crippen LogP contribution is 2.09. The van der Waals surface area contributed by atoms with E-state index in [1.807, 2.05) is 0 Å². The maximum atomic E-state index is 12.0. The first kappa shape index (κ1) is 10.2. The Bertz CT molecular complexity index is 520. The number of carbonyl (C=O) groups is 2. The fourth-order valence-electron chi connectivity index (χ4n) is 1.42. The smallest absolute Gasteiger partial charge is 0.194 e. The second-order valence-corrected chi connectivity index (χ2v) is 3.31. The highest BCUT2D eigenvalue weighted by Gasteiger charge is 2.08. The maximum Gasteiger partial charge on any atom is 0.194 e. The third-order valence-corrected chi connectivity index (χ3v) is 2.21. The normalized spacial score (nSPS) is 9.75. The van der Waals surface area contributed by atoms with Crippen molar-refractivity contribution in [2.24, 2.45) is 0 Å². The summed E-state index contributed by atoms with van der Waals surface area (Å²) in [6, 6.07) is 10.0. The van der Waals surface area contributed by atoms with Crippen LogP contribution in [0, 0.1) is 0 Å². The molecule has 0 aliphatic heterocycles. The number of pyridine rings is 1. The third kappa shape index (κ3) is 2.03. The molecule has 16 heavy (non-hydrogen) atoms. The Hall–Kier alpha value is -2.29. The van der Waals surface area contributed by atoms with E-state index in [0.29, 0.717) is 16.7 Å². The van der Waals surface area contributed by atoms with Gasteiger partial charge in [0.1, 0.15) is 6.29 Å². The molecule has 0 fully saturated rings. The molecule has 78 valence electrons. The van der Waals surface area contributed by atoms with Gasteiger partial charge in [-0.05, 0) is 18.2 Å². The molecule has 0 radical (unpaired) electrons. The van der Waals surface area contributed by atoms with Crippen LogP contribution >= 0.6 is 0 Å². The Morgan fingerprint density at radius 2 is 1.94 bits per heavy atom. The minimum atomic E-state index is -0.128. The zero-order valence-corrected chi connectivity index (χ0v) is 8.46. The maximum absolute atomic E-state index is 12.0. The van der Waals surface area contributed by atoms with Crippen LogP contribution in [0.15, 0.2) is 48.8 Å². The first-order valence-electron chi connectivity index (χ1n) is 4.81. The summed E-state index contributed by atoms with van der Waals surface area (Å²) in [5.74, 6) is -0.128. The number of nitrogens with zero attached hydrogens (tertiary/aromatic N) is 1. The van der Waals surface area contributed by atoms with Crippen molar-refractivity contribution >= 4 is 12.1 Å². The highest BCUT2D eigenvalue weighted by atomic mass is 16.1. The van der Waals surface area contributed by atoms with Gasteiger partial charge >= 0.3 is 0 Å². The van der Waals surface area contributed by atoms with E-state index in [4.69, 9.17) is 0 Å². The average Bonchev–Trinajstić information content (AvgIpc) is 2.39. The predicted octanol–water partition coefficient (Wildman–Crippen LogP) is 2.13. The van der Waals surface area contributed by atoms with Crippen LogP contribution in [0.5, 0.6) is 0 Å². The van der Waals surface area contributed by atoms with Crippen molar-refractivity contribution in [3.8, 4) is 0 Å². The van der Waals surface area contributed by atoms with E-state index in [1.54, 1.807) is 42.6 Å². The van der Waals surface area contributed by atoms with Crippen LogP contribution in [0.3, 0.4) is 0 Å². The number of ketones is 1. The Labute approximate surface area is 92.8 Å². The van der Waals surface area contributed by atoms with Crippen molar-refractivity contribution in [3.05, 3.63) is 65.5 Å². The second-order valence-electron chi connectivity index (χ2n) is 3.31. The minimum absolute atomic E-state index is 0.128. The van der Waals surface area contributed by atoms with Crippen LogP contribution in [0.4, 0.5) is 0 Å². The van der Waals surface area contributed by atoms with Gasteiger partial charge in [0, 0.05) is 29.1 Å². The van der Waals surface area contributed by atoms with Gasteiger partial charge in [-0.3, -0.25) is 14.6 Å². The van der Waals surface area contributed by atoms with Crippen LogP contribution in [0.2, 0.25) is 0 Å². The van der Waals surface area contributed by atoms with Crippen LogP contribution in [0.1, 0.15) is 26.3 Å². The van der Waals surface area contributed by atoms with E-state index < -0.39 is 0 Å². The van der Waals surface area contributed by atoms with Gasteiger partial charge in [0.05, 0.1) is 0 Å². The lowest BCUT2D eigenvalue weighted by Gasteiger charge is -2.00. The van der Waals surface area contributed by atoms with Crippen LogP contribution < -0.4 is 0 Å². The molecule has 1 aromatic heterocycles. The quantitative estimate of drug-likeness (QED) is 0.577. The zero-order chi connectivity index (χ0) is 11.4. The number of hydrogen-bond acceptors (Lipinski definition) is 3. The molecular formula is C13H9NO2. The summed E-state index contributed by atoms with van der Waals surface area (Å²) < 4.78 is 0. The fraction of sp³-hybridized carbons (Fsp3) is 0. The first-order chi connectivity index (χ1) is 7.81. The van der Waals surface area contributed by atoms with Gasteiger partial charge in [-0.15, -0.1) is 0 Å². The van der Waals surface area contributed by atoms with Gasteiger partial charge in [0.25, 0.3) is 0 Å². The van der Waals surface area contributed by atoms with Crippen molar-refractivity contribution < 1.29 is 9.59 Å². The molecule has 0 bridgehead atoms.